The molecule has 3 aromatic carbocycles. The molecule has 1 aliphatic heterocycles. The van der Waals surface area contributed by atoms with E-state index in [1.807, 2.05) is 18.2 Å². The molecule has 0 radical (unpaired) electrons. The number of nitrogens with zero attached hydrogens (tertiary/aromatic N) is 2. The first-order valence-electron chi connectivity index (χ1n) is 10.9. The van der Waals surface area contributed by atoms with Crippen LogP contribution in [-0.2, 0) is 9.47 Å². The van der Waals surface area contributed by atoms with Crippen LogP contribution in [0.2, 0.25) is 5.02 Å². The second kappa shape index (κ2) is 10.8. The average molecular weight is 483 g/mol. The number of halogens is 2. The van der Waals surface area contributed by atoms with Crippen molar-refractivity contribution in [1.29, 1.82) is 0 Å². The first-order chi connectivity index (χ1) is 16.5. The molecule has 0 N–H and O–H groups in total. The summed E-state index contributed by atoms with van der Waals surface area (Å²) >= 11 is 6.46. The average Bonchev–Trinajstić information content (AvgIpc) is 2.85. The minimum Gasteiger partial charge on any atom is -0.462 e. The van der Waals surface area contributed by atoms with Crippen LogP contribution < -0.4 is 5.01 Å². The molecule has 1 heterocycles. The highest BCUT2D eigenvalue weighted by molar-refractivity contribution is 6.33. The summed E-state index contributed by atoms with van der Waals surface area (Å²) in [6.45, 7) is 2.53. The predicted octanol–water partition coefficient (Wildman–Crippen LogP) is 5.37. The molecule has 0 spiro atoms. The zero-order chi connectivity index (χ0) is 24.1. The van der Waals surface area contributed by atoms with Crippen LogP contribution in [0.3, 0.4) is 0 Å². The van der Waals surface area contributed by atoms with Gasteiger partial charge >= 0.3 is 5.97 Å². The van der Waals surface area contributed by atoms with Crippen molar-refractivity contribution in [2.24, 2.45) is 0 Å². The van der Waals surface area contributed by atoms with Gasteiger partial charge in [0.1, 0.15) is 0 Å². The van der Waals surface area contributed by atoms with E-state index < -0.39 is 12.3 Å². The maximum atomic E-state index is 14.0. The van der Waals surface area contributed by atoms with Crippen molar-refractivity contribution < 1.29 is 23.5 Å². The molecule has 1 saturated heterocycles. The highest BCUT2D eigenvalue weighted by Gasteiger charge is 2.30. The third-order valence-electron chi connectivity index (χ3n) is 5.40. The number of carbonyl (C=O) groups is 2. The predicted molar refractivity (Wildman–Crippen MR) is 129 cm³/mol. The van der Waals surface area contributed by atoms with Crippen molar-refractivity contribution in [1.82, 2.24) is 5.01 Å². The van der Waals surface area contributed by atoms with Crippen LogP contribution >= 0.6 is 11.6 Å². The monoisotopic (exact) mass is 482 g/mol. The Morgan fingerprint density at radius 2 is 1.79 bits per heavy atom. The number of rotatable bonds is 6. The van der Waals surface area contributed by atoms with Crippen LogP contribution in [0.5, 0.6) is 0 Å². The van der Waals surface area contributed by atoms with E-state index in [0.717, 1.165) is 5.56 Å². The lowest BCUT2D eigenvalue weighted by Crippen LogP contribution is -2.53. The molecule has 34 heavy (non-hydrogen) atoms. The number of hydrazine groups is 1. The summed E-state index contributed by atoms with van der Waals surface area (Å²) in [5.74, 6) is -0.722. The fraction of sp³-hybridized carbons (Fsp3) is 0.231. The summed E-state index contributed by atoms with van der Waals surface area (Å²) in [5.41, 5.74) is 2.82. The van der Waals surface area contributed by atoms with Crippen LogP contribution in [0.15, 0.2) is 72.8 Å². The topological polar surface area (TPSA) is 59.1 Å². The van der Waals surface area contributed by atoms with Crippen molar-refractivity contribution >= 4 is 29.2 Å². The largest absolute Gasteiger partial charge is 0.462 e. The Kier molecular flexibility index (Phi) is 7.57. The summed E-state index contributed by atoms with van der Waals surface area (Å²) < 4.78 is 24.0. The van der Waals surface area contributed by atoms with Gasteiger partial charge in [0, 0.05) is 22.7 Å². The molecule has 1 unspecified atom stereocenters. The van der Waals surface area contributed by atoms with Gasteiger partial charge in [0.15, 0.2) is 0 Å². The molecule has 1 amide bonds. The first-order valence-corrected chi connectivity index (χ1v) is 11.3. The van der Waals surface area contributed by atoms with Crippen LogP contribution in [0.25, 0.3) is 11.1 Å². The van der Waals surface area contributed by atoms with E-state index in [-0.39, 0.29) is 19.1 Å². The molecule has 176 valence electrons. The molecule has 0 aromatic heterocycles. The van der Waals surface area contributed by atoms with Gasteiger partial charge in [-0.05, 0) is 55.0 Å². The first kappa shape index (κ1) is 23.9. The van der Waals surface area contributed by atoms with Crippen molar-refractivity contribution in [2.75, 3.05) is 31.3 Å². The van der Waals surface area contributed by atoms with Gasteiger partial charge in [-0.15, -0.1) is 0 Å². The molecule has 6 nitrogen and oxygen atoms in total. The quantitative estimate of drug-likeness (QED) is 0.442. The number of anilines is 1. The lowest BCUT2D eigenvalue weighted by molar-refractivity contribution is -0.0987. The molecule has 1 aliphatic rings. The Labute approximate surface area is 202 Å². The number of para-hydroxylation sites is 1. The molecular weight excluding hydrogens is 459 g/mol. The van der Waals surface area contributed by atoms with Gasteiger partial charge in [0.05, 0.1) is 31.0 Å². The van der Waals surface area contributed by atoms with Crippen molar-refractivity contribution in [3.05, 3.63) is 88.9 Å². The van der Waals surface area contributed by atoms with Crippen molar-refractivity contribution in [3.63, 3.8) is 0 Å². The second-order valence-corrected chi connectivity index (χ2v) is 8.05. The van der Waals surface area contributed by atoms with Gasteiger partial charge < -0.3 is 9.47 Å². The Morgan fingerprint density at radius 3 is 2.47 bits per heavy atom. The standard InChI is InChI=1S/C26H24ClFN2O4/c1-2-33-26(32)19-10-8-18(9-11-19)22-16-20(12-13-23(22)27)25(31)30(21-6-4-3-5-7-21)29-14-15-34-24(28)17-29/h3-13,16,24H,2,14-15,17H2,1H3. The number of ether oxygens (including phenoxy) is 2. The molecule has 1 atom stereocenters. The zero-order valence-corrected chi connectivity index (χ0v) is 19.4. The molecule has 0 saturated carbocycles. The normalized spacial score (nSPS) is 16.1. The maximum absolute atomic E-state index is 14.0. The molecule has 0 aliphatic carbocycles. The van der Waals surface area contributed by atoms with Gasteiger partial charge in [-0.3, -0.25) is 4.79 Å². The smallest absolute Gasteiger partial charge is 0.338 e. The number of alkyl halides is 1. The van der Waals surface area contributed by atoms with E-state index in [1.54, 1.807) is 66.5 Å². The Morgan fingerprint density at radius 1 is 1.09 bits per heavy atom. The molecule has 8 heteroatoms. The Hall–Kier alpha value is -3.26. The van der Waals surface area contributed by atoms with Crippen molar-refractivity contribution in [3.8, 4) is 11.1 Å². The highest BCUT2D eigenvalue weighted by atomic mass is 35.5. The van der Waals surface area contributed by atoms with Gasteiger partial charge in [0.2, 0.25) is 6.36 Å². The number of esters is 1. The highest BCUT2D eigenvalue weighted by Crippen LogP contribution is 2.31. The molecule has 0 bridgehead atoms. The molecular formula is C26H24ClFN2O4. The van der Waals surface area contributed by atoms with Crippen molar-refractivity contribution in [2.45, 2.75) is 13.3 Å². The lowest BCUT2D eigenvalue weighted by atomic mass is 10.0. The fourth-order valence-electron chi connectivity index (χ4n) is 3.76. The molecule has 1 fully saturated rings. The number of morpholine rings is 1. The zero-order valence-electron chi connectivity index (χ0n) is 18.6. The third kappa shape index (κ3) is 5.28. The lowest BCUT2D eigenvalue weighted by Gasteiger charge is -2.38. The minimum atomic E-state index is -1.48. The summed E-state index contributed by atoms with van der Waals surface area (Å²) in [5, 5.41) is 3.59. The summed E-state index contributed by atoms with van der Waals surface area (Å²) in [7, 11) is 0. The number of amides is 1. The van der Waals surface area contributed by atoms with Crippen LogP contribution in [0.4, 0.5) is 10.1 Å². The summed E-state index contributed by atoms with van der Waals surface area (Å²) in [4.78, 5) is 25.6. The van der Waals surface area contributed by atoms with Gasteiger partial charge in [-0.1, -0.05) is 41.9 Å². The van der Waals surface area contributed by atoms with Gasteiger partial charge in [-0.25, -0.2) is 19.2 Å². The van der Waals surface area contributed by atoms with Gasteiger partial charge in [0.25, 0.3) is 5.91 Å². The van der Waals surface area contributed by atoms with Gasteiger partial charge in [-0.2, -0.15) is 0 Å². The molecule has 3 aromatic rings. The minimum absolute atomic E-state index is 0.0591. The van der Waals surface area contributed by atoms with Crippen LogP contribution in [0.1, 0.15) is 27.6 Å². The van der Waals surface area contributed by atoms with E-state index in [9.17, 15) is 14.0 Å². The summed E-state index contributed by atoms with van der Waals surface area (Å²) in [6.07, 6.45) is -1.48. The number of benzene rings is 3. The number of hydrogen-bond acceptors (Lipinski definition) is 5. The van der Waals surface area contributed by atoms with E-state index in [0.29, 0.717) is 40.6 Å². The molecule has 4 rings (SSSR count). The third-order valence-corrected chi connectivity index (χ3v) is 5.73. The van der Waals surface area contributed by atoms with Crippen LogP contribution in [-0.4, -0.2) is 49.5 Å². The van der Waals surface area contributed by atoms with E-state index in [1.165, 1.54) is 5.01 Å². The fourth-order valence-corrected chi connectivity index (χ4v) is 3.98. The van der Waals surface area contributed by atoms with E-state index in [4.69, 9.17) is 21.1 Å². The summed E-state index contributed by atoms with van der Waals surface area (Å²) in [6, 6.07) is 20.9. The SMILES string of the molecule is CCOC(=O)c1ccc(-c2cc(C(=O)N(c3ccccc3)N3CCOC(F)C3)ccc2Cl)cc1. The van der Waals surface area contributed by atoms with Crippen LogP contribution in [0, 0.1) is 0 Å². The van der Waals surface area contributed by atoms with E-state index in [2.05, 4.69) is 0 Å². The number of hydrogen-bond donors (Lipinski definition) is 0. The number of carbonyl (C=O) groups excluding carboxylic acids is 2. The second-order valence-electron chi connectivity index (χ2n) is 7.64. The Bertz CT molecular complexity index is 1160. The Balaban J connectivity index is 1.67. The van der Waals surface area contributed by atoms with E-state index >= 15 is 0 Å². The maximum Gasteiger partial charge on any atom is 0.338 e.